The summed E-state index contributed by atoms with van der Waals surface area (Å²) < 4.78 is 6.32. The third-order valence-electron chi connectivity index (χ3n) is 7.98. The minimum absolute atomic E-state index is 0.916. The standard InChI is InChI=1S/C37H24O/c1-23-14-17-29(32-13-7-6-10-28(23)32)26-15-18-35-33(21-26)34-22-27(16-19-36(34)38-35)37-30-11-4-2-8-24(30)20-25-9-3-5-12-31(25)37/h2-22H,1H3. The molecule has 0 aliphatic rings. The molecule has 0 unspecified atom stereocenters. The van der Waals surface area contributed by atoms with E-state index in [0.717, 1.165) is 21.9 Å². The molecular formula is C37H24O. The van der Waals surface area contributed by atoms with Crippen LogP contribution in [-0.2, 0) is 0 Å². The highest BCUT2D eigenvalue weighted by atomic mass is 16.3. The zero-order valence-corrected chi connectivity index (χ0v) is 21.0. The van der Waals surface area contributed by atoms with Gasteiger partial charge in [0, 0.05) is 10.8 Å². The van der Waals surface area contributed by atoms with E-state index in [0.29, 0.717) is 0 Å². The topological polar surface area (TPSA) is 13.1 Å². The van der Waals surface area contributed by atoms with E-state index in [4.69, 9.17) is 4.42 Å². The lowest BCUT2D eigenvalue weighted by Gasteiger charge is -2.12. The monoisotopic (exact) mass is 484 g/mol. The normalized spacial score (nSPS) is 11.8. The third-order valence-corrected chi connectivity index (χ3v) is 7.98. The summed E-state index contributed by atoms with van der Waals surface area (Å²) in [5.74, 6) is 0. The maximum atomic E-state index is 6.32. The van der Waals surface area contributed by atoms with Crippen molar-refractivity contribution < 1.29 is 4.42 Å². The van der Waals surface area contributed by atoms with Crippen molar-refractivity contribution in [1.29, 1.82) is 0 Å². The molecule has 0 radical (unpaired) electrons. The van der Waals surface area contributed by atoms with Crippen molar-refractivity contribution in [3.63, 3.8) is 0 Å². The molecule has 8 aromatic rings. The molecule has 0 bridgehead atoms. The molecule has 1 heterocycles. The number of aryl methyl sites for hydroxylation is 1. The molecule has 0 N–H and O–H groups in total. The highest BCUT2D eigenvalue weighted by Gasteiger charge is 2.14. The van der Waals surface area contributed by atoms with E-state index in [1.165, 1.54) is 60.1 Å². The van der Waals surface area contributed by atoms with Crippen molar-refractivity contribution in [2.24, 2.45) is 0 Å². The van der Waals surface area contributed by atoms with Crippen LogP contribution < -0.4 is 0 Å². The Balaban J connectivity index is 1.40. The maximum Gasteiger partial charge on any atom is 0.135 e. The second kappa shape index (κ2) is 8.06. The fraction of sp³-hybridized carbons (Fsp3) is 0.0270. The average molecular weight is 485 g/mol. The van der Waals surface area contributed by atoms with Crippen molar-refractivity contribution >= 4 is 54.3 Å². The number of hydrogen-bond acceptors (Lipinski definition) is 1. The molecule has 0 aliphatic heterocycles. The van der Waals surface area contributed by atoms with Crippen LogP contribution in [0.5, 0.6) is 0 Å². The summed E-state index contributed by atoms with van der Waals surface area (Å²) in [6.07, 6.45) is 0. The zero-order chi connectivity index (χ0) is 25.2. The minimum Gasteiger partial charge on any atom is -0.456 e. The summed E-state index contributed by atoms with van der Waals surface area (Å²) in [7, 11) is 0. The van der Waals surface area contributed by atoms with Crippen LogP contribution in [0, 0.1) is 6.92 Å². The lowest BCUT2D eigenvalue weighted by Crippen LogP contribution is -1.86. The molecule has 0 spiro atoms. The van der Waals surface area contributed by atoms with E-state index in [1.807, 2.05) is 0 Å². The van der Waals surface area contributed by atoms with Gasteiger partial charge in [0.15, 0.2) is 0 Å². The van der Waals surface area contributed by atoms with Crippen LogP contribution in [0.25, 0.3) is 76.5 Å². The van der Waals surface area contributed by atoms with Gasteiger partial charge in [0.1, 0.15) is 11.2 Å². The van der Waals surface area contributed by atoms with E-state index >= 15 is 0 Å². The Morgan fingerprint density at radius 1 is 0.421 bits per heavy atom. The lowest BCUT2D eigenvalue weighted by atomic mass is 9.91. The Morgan fingerprint density at radius 3 is 1.66 bits per heavy atom. The summed E-state index contributed by atoms with van der Waals surface area (Å²) in [5, 5.41) is 9.92. The van der Waals surface area contributed by atoms with Gasteiger partial charge in [-0.15, -0.1) is 0 Å². The molecule has 0 saturated heterocycles. The summed E-state index contributed by atoms with van der Waals surface area (Å²) in [6.45, 7) is 2.18. The largest absolute Gasteiger partial charge is 0.456 e. The van der Waals surface area contributed by atoms with Gasteiger partial charge in [-0.3, -0.25) is 0 Å². The summed E-state index contributed by atoms with van der Waals surface area (Å²) in [5.41, 5.74) is 8.07. The van der Waals surface area contributed by atoms with Gasteiger partial charge in [-0.2, -0.15) is 0 Å². The maximum absolute atomic E-state index is 6.32. The first-order valence-corrected chi connectivity index (χ1v) is 13.1. The van der Waals surface area contributed by atoms with Crippen molar-refractivity contribution in [2.75, 3.05) is 0 Å². The zero-order valence-electron chi connectivity index (χ0n) is 21.0. The molecule has 0 saturated carbocycles. The summed E-state index contributed by atoms with van der Waals surface area (Å²) in [4.78, 5) is 0. The molecule has 1 aromatic heterocycles. The molecule has 1 nitrogen and oxygen atoms in total. The molecule has 1 heteroatoms. The van der Waals surface area contributed by atoms with Gasteiger partial charge in [0.25, 0.3) is 0 Å². The summed E-state index contributed by atoms with van der Waals surface area (Å²) in [6, 6.07) is 46.0. The number of benzene rings is 7. The van der Waals surface area contributed by atoms with Gasteiger partial charge in [-0.1, -0.05) is 97.1 Å². The highest BCUT2D eigenvalue weighted by molar-refractivity contribution is 6.15. The second-order valence-electron chi connectivity index (χ2n) is 10.2. The van der Waals surface area contributed by atoms with Gasteiger partial charge < -0.3 is 4.42 Å². The first kappa shape index (κ1) is 21.2. The van der Waals surface area contributed by atoms with Crippen LogP contribution in [-0.4, -0.2) is 0 Å². The van der Waals surface area contributed by atoms with E-state index in [9.17, 15) is 0 Å². The Morgan fingerprint density at radius 2 is 0.974 bits per heavy atom. The van der Waals surface area contributed by atoms with E-state index in [1.54, 1.807) is 0 Å². The SMILES string of the molecule is Cc1ccc(-c2ccc3oc4ccc(-c5c6ccccc6cc6ccccc56)cc4c3c2)c2ccccc12. The molecule has 38 heavy (non-hydrogen) atoms. The van der Waals surface area contributed by atoms with Crippen LogP contribution in [0.2, 0.25) is 0 Å². The van der Waals surface area contributed by atoms with Crippen molar-refractivity contribution in [2.45, 2.75) is 6.92 Å². The second-order valence-corrected chi connectivity index (χ2v) is 10.2. The Bertz CT molecular complexity index is 2140. The van der Waals surface area contributed by atoms with Crippen molar-refractivity contribution in [1.82, 2.24) is 0 Å². The molecule has 0 atom stereocenters. The molecule has 7 aromatic carbocycles. The molecule has 178 valence electrons. The number of rotatable bonds is 2. The van der Waals surface area contributed by atoms with Gasteiger partial charge >= 0.3 is 0 Å². The number of fused-ring (bicyclic) bond motifs is 6. The van der Waals surface area contributed by atoms with E-state index in [-0.39, 0.29) is 0 Å². The Labute approximate surface area is 220 Å². The number of hydrogen-bond donors (Lipinski definition) is 0. The molecule has 0 fully saturated rings. The Hall–Kier alpha value is -4.88. The summed E-state index contributed by atoms with van der Waals surface area (Å²) >= 11 is 0. The highest BCUT2D eigenvalue weighted by Crippen LogP contribution is 2.40. The third kappa shape index (κ3) is 3.12. The van der Waals surface area contributed by atoms with Crippen molar-refractivity contribution in [3.8, 4) is 22.3 Å². The number of furan rings is 1. The smallest absolute Gasteiger partial charge is 0.135 e. The predicted octanol–water partition coefficient (Wildman–Crippen LogP) is 10.7. The van der Waals surface area contributed by atoms with Gasteiger partial charge in [-0.05, 0) is 97.4 Å². The Kier molecular flexibility index (Phi) is 4.50. The van der Waals surface area contributed by atoms with Crippen LogP contribution >= 0.6 is 0 Å². The lowest BCUT2D eigenvalue weighted by molar-refractivity contribution is 0.669. The average Bonchev–Trinajstić information content (AvgIpc) is 3.33. The van der Waals surface area contributed by atoms with Gasteiger partial charge in [0.05, 0.1) is 0 Å². The van der Waals surface area contributed by atoms with E-state index in [2.05, 4.69) is 134 Å². The van der Waals surface area contributed by atoms with Crippen molar-refractivity contribution in [3.05, 3.63) is 133 Å². The quantitative estimate of drug-likeness (QED) is 0.222. The van der Waals surface area contributed by atoms with Crippen LogP contribution in [0.1, 0.15) is 5.56 Å². The first-order chi connectivity index (χ1) is 18.7. The predicted molar refractivity (Wildman–Crippen MR) is 162 cm³/mol. The fourth-order valence-electron chi connectivity index (χ4n) is 6.13. The molecular weight excluding hydrogens is 460 g/mol. The molecule has 8 rings (SSSR count). The van der Waals surface area contributed by atoms with Gasteiger partial charge in [0.2, 0.25) is 0 Å². The van der Waals surface area contributed by atoms with Crippen LogP contribution in [0.3, 0.4) is 0 Å². The first-order valence-electron chi connectivity index (χ1n) is 13.1. The molecule has 0 aliphatic carbocycles. The molecule has 0 amide bonds. The fourth-order valence-corrected chi connectivity index (χ4v) is 6.13. The minimum atomic E-state index is 0.916. The van der Waals surface area contributed by atoms with Crippen LogP contribution in [0.4, 0.5) is 0 Å². The van der Waals surface area contributed by atoms with Crippen LogP contribution in [0.15, 0.2) is 132 Å². The van der Waals surface area contributed by atoms with Gasteiger partial charge in [-0.25, -0.2) is 0 Å². The van der Waals surface area contributed by atoms with E-state index < -0.39 is 0 Å².